The van der Waals surface area contributed by atoms with Gasteiger partial charge in [-0.2, -0.15) is 0 Å². The van der Waals surface area contributed by atoms with Crippen molar-refractivity contribution in [2.24, 2.45) is 0 Å². The average molecular weight is 312 g/mol. The third kappa shape index (κ3) is 3.20. The summed E-state index contributed by atoms with van der Waals surface area (Å²) in [6.45, 7) is 4.28. The highest BCUT2D eigenvalue weighted by Gasteiger charge is 2.06. The Morgan fingerprint density at radius 3 is 2.27 bits per heavy atom. The fourth-order valence-electron chi connectivity index (χ4n) is 2.63. The molecule has 3 rings (SSSR count). The van der Waals surface area contributed by atoms with Gasteiger partial charge in [0.05, 0.1) is 0 Å². The van der Waals surface area contributed by atoms with Crippen molar-refractivity contribution in [3.63, 3.8) is 0 Å². The highest BCUT2D eigenvalue weighted by Crippen LogP contribution is 2.27. The molecule has 3 heteroatoms. The number of thiophene rings is 1. The number of aryl methyl sites for hydroxylation is 2. The molecule has 0 aliphatic heterocycles. The first-order chi connectivity index (χ1) is 10.5. The predicted octanol–water partition coefficient (Wildman–Crippen LogP) is 5.47. The van der Waals surface area contributed by atoms with Gasteiger partial charge in [0.15, 0.2) is 0 Å². The highest BCUT2D eigenvalue weighted by atomic mass is 32.1. The molecule has 0 bridgehead atoms. The van der Waals surface area contributed by atoms with E-state index in [1.54, 1.807) is 6.07 Å². The van der Waals surface area contributed by atoms with Crippen LogP contribution in [0.2, 0.25) is 0 Å². The molecule has 2 aromatic carbocycles. The Hall–Kier alpha value is -2.13. The van der Waals surface area contributed by atoms with Crippen LogP contribution >= 0.6 is 11.3 Å². The molecule has 1 nitrogen and oxygen atoms in total. The van der Waals surface area contributed by atoms with Crippen molar-refractivity contribution in [3.05, 3.63) is 75.2 Å². The third-order valence-electron chi connectivity index (χ3n) is 3.71. The Morgan fingerprint density at radius 2 is 1.68 bits per heavy atom. The van der Waals surface area contributed by atoms with Gasteiger partial charge in [-0.05, 0) is 60.7 Å². The van der Waals surface area contributed by atoms with Gasteiger partial charge in [0, 0.05) is 15.8 Å². The summed E-state index contributed by atoms with van der Waals surface area (Å²) in [6, 6.07) is 14.4. The molecular weight excluding hydrogens is 295 g/mol. The number of phenolic OH excluding ortho intramolecular Hbond substituents is 1. The largest absolute Gasteiger partial charge is 0.508 e. The second-order valence-corrected chi connectivity index (χ2v) is 6.97. The Morgan fingerprint density at radius 1 is 0.955 bits per heavy atom. The molecule has 22 heavy (non-hydrogen) atoms. The first-order valence-electron chi connectivity index (χ1n) is 7.16. The summed E-state index contributed by atoms with van der Waals surface area (Å²) in [4.78, 5) is 2.69. The third-order valence-corrected chi connectivity index (χ3v) is 4.72. The summed E-state index contributed by atoms with van der Waals surface area (Å²) in [6.07, 6.45) is 0.908. The summed E-state index contributed by atoms with van der Waals surface area (Å²) < 4.78 is 13.4. The smallest absolute Gasteiger partial charge is 0.127 e. The second-order valence-electron chi connectivity index (χ2n) is 5.51. The summed E-state index contributed by atoms with van der Waals surface area (Å²) in [5, 5.41) is 9.50. The molecular formula is C19H17FOS. The monoisotopic (exact) mass is 312 g/mol. The molecule has 0 aliphatic rings. The van der Waals surface area contributed by atoms with E-state index in [1.165, 1.54) is 26.9 Å². The van der Waals surface area contributed by atoms with Crippen molar-refractivity contribution < 1.29 is 9.50 Å². The molecule has 1 N–H and O–H groups in total. The molecule has 0 saturated carbocycles. The fraction of sp³-hybridized carbons (Fsp3) is 0.158. The number of benzene rings is 2. The van der Waals surface area contributed by atoms with E-state index < -0.39 is 5.82 Å². The quantitative estimate of drug-likeness (QED) is 0.680. The lowest BCUT2D eigenvalue weighted by Gasteiger charge is -2.06. The van der Waals surface area contributed by atoms with E-state index in [4.69, 9.17) is 0 Å². The number of hydrogen-bond donors (Lipinski definition) is 1. The molecule has 0 aliphatic carbocycles. The maximum Gasteiger partial charge on any atom is 0.127 e. The van der Waals surface area contributed by atoms with Crippen molar-refractivity contribution in [3.8, 4) is 16.9 Å². The number of hydrogen-bond acceptors (Lipinski definition) is 2. The zero-order valence-electron chi connectivity index (χ0n) is 12.6. The first kappa shape index (κ1) is 14.8. The van der Waals surface area contributed by atoms with Gasteiger partial charge in [0.2, 0.25) is 0 Å². The van der Waals surface area contributed by atoms with Crippen molar-refractivity contribution >= 4 is 11.3 Å². The van der Waals surface area contributed by atoms with Crippen molar-refractivity contribution in [1.82, 2.24) is 0 Å². The Balaban J connectivity index is 1.85. The molecule has 1 aromatic heterocycles. The SMILES string of the molecule is Cc1cc(Cc2ccc(-c3cc(O)cc(F)c3)cc2)c(C)s1. The zero-order chi connectivity index (χ0) is 15.7. The lowest BCUT2D eigenvalue weighted by molar-refractivity contribution is 0.469. The lowest BCUT2D eigenvalue weighted by atomic mass is 10.0. The van der Waals surface area contributed by atoms with Gasteiger partial charge in [0.25, 0.3) is 0 Å². The fourth-order valence-corrected chi connectivity index (χ4v) is 3.58. The molecule has 0 spiro atoms. The molecule has 0 saturated heterocycles. The topological polar surface area (TPSA) is 20.2 Å². The van der Waals surface area contributed by atoms with Crippen LogP contribution < -0.4 is 0 Å². The minimum absolute atomic E-state index is 0.0524. The van der Waals surface area contributed by atoms with Gasteiger partial charge >= 0.3 is 0 Å². The number of phenols is 1. The zero-order valence-corrected chi connectivity index (χ0v) is 13.4. The number of rotatable bonds is 3. The summed E-state index contributed by atoms with van der Waals surface area (Å²) in [7, 11) is 0. The minimum atomic E-state index is -0.427. The van der Waals surface area contributed by atoms with E-state index >= 15 is 0 Å². The van der Waals surface area contributed by atoms with Gasteiger partial charge in [-0.25, -0.2) is 4.39 Å². The average Bonchev–Trinajstić information content (AvgIpc) is 2.76. The van der Waals surface area contributed by atoms with Crippen LogP contribution in [0.5, 0.6) is 5.75 Å². The molecule has 0 amide bonds. The van der Waals surface area contributed by atoms with E-state index in [9.17, 15) is 9.50 Å². The van der Waals surface area contributed by atoms with Gasteiger partial charge < -0.3 is 5.11 Å². The normalized spacial score (nSPS) is 10.9. The molecule has 0 atom stereocenters. The van der Waals surface area contributed by atoms with Gasteiger partial charge in [0.1, 0.15) is 11.6 Å². The Bertz CT molecular complexity index is 783. The maximum absolute atomic E-state index is 13.4. The minimum Gasteiger partial charge on any atom is -0.508 e. The van der Waals surface area contributed by atoms with Crippen LogP contribution in [-0.2, 0) is 6.42 Å². The van der Waals surface area contributed by atoms with Gasteiger partial charge in [-0.3, -0.25) is 0 Å². The van der Waals surface area contributed by atoms with Gasteiger partial charge in [-0.1, -0.05) is 24.3 Å². The van der Waals surface area contributed by atoms with Crippen molar-refractivity contribution in [2.75, 3.05) is 0 Å². The second kappa shape index (κ2) is 5.93. The van der Waals surface area contributed by atoms with Crippen LogP contribution in [0.25, 0.3) is 11.1 Å². The van der Waals surface area contributed by atoms with E-state index in [-0.39, 0.29) is 5.75 Å². The van der Waals surface area contributed by atoms with Crippen LogP contribution in [-0.4, -0.2) is 5.11 Å². The Kier molecular flexibility index (Phi) is 3.99. The molecule has 112 valence electrons. The van der Waals surface area contributed by atoms with E-state index in [0.717, 1.165) is 18.1 Å². The molecule has 0 unspecified atom stereocenters. The lowest BCUT2D eigenvalue weighted by Crippen LogP contribution is -1.88. The van der Waals surface area contributed by atoms with Crippen LogP contribution in [0.3, 0.4) is 0 Å². The van der Waals surface area contributed by atoms with Crippen LogP contribution in [0.15, 0.2) is 48.5 Å². The maximum atomic E-state index is 13.4. The van der Waals surface area contributed by atoms with Crippen LogP contribution in [0.4, 0.5) is 4.39 Å². The van der Waals surface area contributed by atoms with E-state index in [1.807, 2.05) is 23.5 Å². The molecule has 1 heterocycles. The van der Waals surface area contributed by atoms with Gasteiger partial charge in [-0.15, -0.1) is 11.3 Å². The number of halogens is 1. The molecule has 0 radical (unpaired) electrons. The van der Waals surface area contributed by atoms with Crippen molar-refractivity contribution in [1.29, 1.82) is 0 Å². The van der Waals surface area contributed by atoms with E-state index in [2.05, 4.69) is 32.0 Å². The standard InChI is InChI=1S/C19H17FOS/c1-12-7-16(13(2)22-12)8-14-3-5-15(6-4-14)17-9-18(20)11-19(21)10-17/h3-7,9-11,21H,8H2,1-2H3. The summed E-state index contributed by atoms with van der Waals surface area (Å²) in [5.74, 6) is -0.480. The summed E-state index contributed by atoms with van der Waals surface area (Å²) >= 11 is 1.82. The summed E-state index contributed by atoms with van der Waals surface area (Å²) in [5.41, 5.74) is 4.17. The van der Waals surface area contributed by atoms with Crippen LogP contribution in [0, 0.1) is 19.7 Å². The molecule has 0 fully saturated rings. The first-order valence-corrected chi connectivity index (χ1v) is 7.98. The molecule has 3 aromatic rings. The van der Waals surface area contributed by atoms with E-state index in [0.29, 0.717) is 5.56 Å². The highest BCUT2D eigenvalue weighted by molar-refractivity contribution is 7.12. The number of aromatic hydroxyl groups is 1. The van der Waals surface area contributed by atoms with Crippen LogP contribution in [0.1, 0.15) is 20.9 Å². The predicted molar refractivity (Wildman–Crippen MR) is 90.1 cm³/mol. The Labute approximate surface area is 133 Å². The van der Waals surface area contributed by atoms with Crippen molar-refractivity contribution in [2.45, 2.75) is 20.3 Å².